The van der Waals surface area contributed by atoms with Gasteiger partial charge in [0, 0.05) is 6.42 Å². The van der Waals surface area contributed by atoms with Gasteiger partial charge in [-0.1, -0.05) is 42.5 Å². The van der Waals surface area contributed by atoms with Crippen molar-refractivity contribution in [2.45, 2.75) is 50.0 Å². The monoisotopic (exact) mass is 516 g/mol. The summed E-state index contributed by atoms with van der Waals surface area (Å²) in [4.78, 5) is 49.6. The molecule has 2 rings (SSSR count). The van der Waals surface area contributed by atoms with Gasteiger partial charge in [0.15, 0.2) is 0 Å². The van der Waals surface area contributed by atoms with E-state index >= 15 is 0 Å². The first-order valence-electron chi connectivity index (χ1n) is 11.5. The van der Waals surface area contributed by atoms with E-state index in [4.69, 9.17) is 5.73 Å². The summed E-state index contributed by atoms with van der Waals surface area (Å²) in [5.74, 6) is -4.04. The van der Waals surface area contributed by atoms with Crippen molar-refractivity contribution < 1.29 is 39.6 Å². The summed E-state index contributed by atoms with van der Waals surface area (Å²) in [6.45, 7) is 0.394. The van der Waals surface area contributed by atoms with E-state index in [1.807, 2.05) is 6.07 Å². The molecule has 0 fully saturated rings. The standard InChI is InChI=1S/C25H32N4O8/c1-14(31)21(24(35)27-19(25(36)37)12-16-7-9-17(32)10-8-16)29-23(34)20(13-30)28-22(33)18(26)11-15-5-3-2-4-6-15/h2-10,14,18-21,30-32H,11-13,26H2,1H3,(H,27,35)(H,28,33)(H,29,34)(H,36,37). The van der Waals surface area contributed by atoms with E-state index < -0.39 is 60.6 Å². The van der Waals surface area contributed by atoms with Crippen molar-refractivity contribution in [3.8, 4) is 5.75 Å². The maximum absolute atomic E-state index is 12.8. The van der Waals surface area contributed by atoms with Crippen molar-refractivity contribution in [3.63, 3.8) is 0 Å². The lowest BCUT2D eigenvalue weighted by Crippen LogP contribution is -2.60. The Morgan fingerprint density at radius 1 is 0.811 bits per heavy atom. The molecule has 3 amide bonds. The second-order valence-electron chi connectivity index (χ2n) is 8.54. The molecule has 0 aromatic heterocycles. The Labute approximate surface area is 213 Å². The first kappa shape index (κ1) is 29.2. The van der Waals surface area contributed by atoms with Gasteiger partial charge in [-0.3, -0.25) is 14.4 Å². The highest BCUT2D eigenvalue weighted by Gasteiger charge is 2.32. The molecule has 9 N–H and O–H groups in total. The molecular formula is C25H32N4O8. The first-order chi connectivity index (χ1) is 17.5. The number of carbonyl (C=O) groups is 4. The maximum Gasteiger partial charge on any atom is 0.326 e. The normalized spacial score (nSPS) is 14.9. The van der Waals surface area contributed by atoms with Crippen LogP contribution in [0.4, 0.5) is 0 Å². The average molecular weight is 517 g/mol. The van der Waals surface area contributed by atoms with Crippen molar-refractivity contribution in [2.75, 3.05) is 6.61 Å². The lowest BCUT2D eigenvalue weighted by molar-refractivity contribution is -0.143. The number of hydrogen-bond acceptors (Lipinski definition) is 8. The highest BCUT2D eigenvalue weighted by atomic mass is 16.4. The molecule has 0 saturated heterocycles. The van der Waals surface area contributed by atoms with Gasteiger partial charge < -0.3 is 42.1 Å². The number of benzene rings is 2. The van der Waals surface area contributed by atoms with Crippen LogP contribution in [0.3, 0.4) is 0 Å². The zero-order valence-corrected chi connectivity index (χ0v) is 20.2. The molecular weight excluding hydrogens is 484 g/mol. The summed E-state index contributed by atoms with van der Waals surface area (Å²) >= 11 is 0. The van der Waals surface area contributed by atoms with Crippen molar-refractivity contribution in [3.05, 3.63) is 65.7 Å². The number of amides is 3. The molecule has 5 unspecified atom stereocenters. The van der Waals surface area contributed by atoms with Crippen LogP contribution >= 0.6 is 0 Å². The minimum atomic E-state index is -1.59. The lowest BCUT2D eigenvalue weighted by atomic mass is 10.0. The lowest BCUT2D eigenvalue weighted by Gasteiger charge is -2.26. The SMILES string of the molecule is CC(O)C(NC(=O)C(CO)NC(=O)C(N)Cc1ccccc1)C(=O)NC(Cc1ccc(O)cc1)C(=O)O. The van der Waals surface area contributed by atoms with Gasteiger partial charge in [-0.2, -0.15) is 0 Å². The number of carboxylic acid groups (broad SMARTS) is 1. The third-order valence-corrected chi connectivity index (χ3v) is 5.50. The number of hydrogen-bond donors (Lipinski definition) is 8. The number of aliphatic hydroxyl groups excluding tert-OH is 2. The number of carbonyl (C=O) groups excluding carboxylic acids is 3. The largest absolute Gasteiger partial charge is 0.508 e. The summed E-state index contributed by atoms with van der Waals surface area (Å²) in [6.07, 6.45) is -1.39. The number of aliphatic carboxylic acids is 1. The topological polar surface area (TPSA) is 211 Å². The quantitative estimate of drug-likeness (QED) is 0.154. The molecule has 0 radical (unpaired) electrons. The van der Waals surface area contributed by atoms with Crippen LogP contribution in [-0.4, -0.2) is 81.0 Å². The van der Waals surface area contributed by atoms with Crippen LogP contribution in [0.15, 0.2) is 54.6 Å². The number of rotatable bonds is 13. The van der Waals surface area contributed by atoms with Crippen LogP contribution < -0.4 is 21.7 Å². The fourth-order valence-electron chi connectivity index (χ4n) is 3.42. The van der Waals surface area contributed by atoms with Crippen molar-refractivity contribution in [1.82, 2.24) is 16.0 Å². The van der Waals surface area contributed by atoms with Crippen LogP contribution in [0.25, 0.3) is 0 Å². The smallest absolute Gasteiger partial charge is 0.326 e. The van der Waals surface area contributed by atoms with Gasteiger partial charge in [0.05, 0.1) is 18.8 Å². The fourth-order valence-corrected chi connectivity index (χ4v) is 3.42. The first-order valence-corrected chi connectivity index (χ1v) is 11.5. The molecule has 37 heavy (non-hydrogen) atoms. The second-order valence-corrected chi connectivity index (χ2v) is 8.54. The summed E-state index contributed by atoms with van der Waals surface area (Å²) in [5.41, 5.74) is 7.21. The average Bonchev–Trinajstić information content (AvgIpc) is 2.86. The summed E-state index contributed by atoms with van der Waals surface area (Å²) < 4.78 is 0. The fraction of sp³-hybridized carbons (Fsp3) is 0.360. The molecule has 0 bridgehead atoms. The molecule has 0 heterocycles. The number of nitrogens with two attached hydrogens (primary N) is 1. The van der Waals surface area contributed by atoms with Crippen molar-refractivity contribution in [2.24, 2.45) is 5.73 Å². The number of aromatic hydroxyl groups is 1. The van der Waals surface area contributed by atoms with E-state index in [-0.39, 0.29) is 18.6 Å². The Morgan fingerprint density at radius 3 is 1.92 bits per heavy atom. The van der Waals surface area contributed by atoms with E-state index in [9.17, 15) is 39.6 Å². The number of phenolic OH excluding ortho intramolecular Hbond substituents is 1. The van der Waals surface area contributed by atoms with E-state index in [0.717, 1.165) is 5.56 Å². The summed E-state index contributed by atoms with van der Waals surface area (Å²) in [6, 6.07) is 9.16. The summed E-state index contributed by atoms with van der Waals surface area (Å²) in [7, 11) is 0. The van der Waals surface area contributed by atoms with E-state index in [1.54, 1.807) is 24.3 Å². The van der Waals surface area contributed by atoms with Gasteiger partial charge in [-0.15, -0.1) is 0 Å². The van der Waals surface area contributed by atoms with Gasteiger partial charge in [-0.05, 0) is 36.6 Å². The summed E-state index contributed by atoms with van der Waals surface area (Å²) in [5, 5.41) is 45.4. The molecule has 0 saturated carbocycles. The Bertz CT molecular complexity index is 1060. The van der Waals surface area contributed by atoms with Gasteiger partial charge >= 0.3 is 5.97 Å². The van der Waals surface area contributed by atoms with Gasteiger partial charge in [0.1, 0.15) is 23.9 Å². The van der Waals surface area contributed by atoms with Crippen LogP contribution in [-0.2, 0) is 32.0 Å². The zero-order chi connectivity index (χ0) is 27.5. The second kappa shape index (κ2) is 13.9. The zero-order valence-electron chi connectivity index (χ0n) is 20.2. The molecule has 12 nitrogen and oxygen atoms in total. The van der Waals surface area contributed by atoms with Crippen LogP contribution in [0, 0.1) is 0 Å². The number of carboxylic acids is 1. The molecule has 200 valence electrons. The van der Waals surface area contributed by atoms with Crippen molar-refractivity contribution >= 4 is 23.7 Å². The number of phenols is 1. The Balaban J connectivity index is 2.02. The number of nitrogens with one attached hydrogen (secondary N) is 3. The third kappa shape index (κ3) is 9.18. The van der Waals surface area contributed by atoms with Crippen molar-refractivity contribution in [1.29, 1.82) is 0 Å². The highest BCUT2D eigenvalue weighted by Crippen LogP contribution is 2.12. The third-order valence-electron chi connectivity index (χ3n) is 5.50. The molecule has 5 atom stereocenters. The van der Waals surface area contributed by atoms with Gasteiger partial charge in [0.2, 0.25) is 17.7 Å². The molecule has 0 aliphatic rings. The predicted molar refractivity (Wildman–Crippen MR) is 132 cm³/mol. The molecule has 2 aromatic rings. The van der Waals surface area contributed by atoms with E-state index in [1.165, 1.54) is 31.2 Å². The Kier molecular flexibility index (Phi) is 11.0. The van der Waals surface area contributed by atoms with Gasteiger partial charge in [0.25, 0.3) is 0 Å². The van der Waals surface area contributed by atoms with E-state index in [0.29, 0.717) is 5.56 Å². The molecule has 0 aliphatic carbocycles. The van der Waals surface area contributed by atoms with Gasteiger partial charge in [-0.25, -0.2) is 4.79 Å². The van der Waals surface area contributed by atoms with Crippen LogP contribution in [0.5, 0.6) is 5.75 Å². The molecule has 0 aliphatic heterocycles. The minimum absolute atomic E-state index is 0.0110. The van der Waals surface area contributed by atoms with Crippen LogP contribution in [0.2, 0.25) is 0 Å². The van der Waals surface area contributed by atoms with Crippen LogP contribution in [0.1, 0.15) is 18.1 Å². The molecule has 12 heteroatoms. The minimum Gasteiger partial charge on any atom is -0.508 e. The maximum atomic E-state index is 12.8. The Hall–Kier alpha value is -4.00. The van der Waals surface area contributed by atoms with E-state index in [2.05, 4.69) is 16.0 Å². The highest BCUT2D eigenvalue weighted by molar-refractivity contribution is 5.94. The Morgan fingerprint density at radius 2 is 1.38 bits per heavy atom. The predicted octanol–water partition coefficient (Wildman–Crippen LogP) is -1.58. The molecule has 2 aromatic carbocycles. The molecule has 0 spiro atoms. The number of aliphatic hydroxyl groups is 2.